The van der Waals surface area contributed by atoms with Gasteiger partial charge in [0.05, 0.1) is 6.61 Å². The van der Waals surface area contributed by atoms with Gasteiger partial charge < -0.3 is 20.1 Å². The van der Waals surface area contributed by atoms with E-state index in [-0.39, 0.29) is 26.1 Å². The number of nitrogens with zero attached hydrogens (tertiary/aromatic N) is 1. The maximum Gasteiger partial charge on any atom is 0.412 e. The molecule has 2 amide bonds. The number of hydrogen-bond acceptors (Lipinski definition) is 3. The summed E-state index contributed by atoms with van der Waals surface area (Å²) in [6.07, 6.45) is -3.77. The molecule has 0 radical (unpaired) electrons. The van der Waals surface area contributed by atoms with Gasteiger partial charge in [-0.3, -0.25) is 0 Å². The van der Waals surface area contributed by atoms with E-state index in [1.165, 1.54) is 7.11 Å². The number of hydrogen-bond donors (Lipinski definition) is 2. The number of amides is 2. The van der Waals surface area contributed by atoms with Crippen molar-refractivity contribution >= 4 is 12.0 Å². The van der Waals surface area contributed by atoms with Gasteiger partial charge in [0.2, 0.25) is 0 Å². The van der Waals surface area contributed by atoms with Gasteiger partial charge in [-0.2, -0.15) is 13.2 Å². The summed E-state index contributed by atoms with van der Waals surface area (Å²) < 4.78 is 41.9. The summed E-state index contributed by atoms with van der Waals surface area (Å²) in [7, 11) is 1.28. The van der Waals surface area contributed by atoms with Crippen LogP contribution in [0.15, 0.2) is 11.6 Å². The van der Waals surface area contributed by atoms with E-state index in [4.69, 9.17) is 5.11 Å². The third-order valence-corrected chi connectivity index (χ3v) is 2.79. The lowest BCUT2D eigenvalue weighted by Gasteiger charge is -2.28. The van der Waals surface area contributed by atoms with Crippen LogP contribution < -0.4 is 5.32 Å². The Balaban J connectivity index is 2.58. The first-order valence-electron chi connectivity index (χ1n) is 5.79. The minimum atomic E-state index is -4.39. The van der Waals surface area contributed by atoms with E-state index in [1.807, 2.05) is 0 Å². The molecule has 0 spiro atoms. The van der Waals surface area contributed by atoms with Crippen molar-refractivity contribution in [2.45, 2.75) is 18.6 Å². The smallest absolute Gasteiger partial charge is 0.412 e. The molecule has 9 heteroatoms. The quantitative estimate of drug-likeness (QED) is 0.758. The van der Waals surface area contributed by atoms with Crippen molar-refractivity contribution < 1.29 is 32.6 Å². The van der Waals surface area contributed by atoms with Crippen molar-refractivity contribution in [1.82, 2.24) is 10.2 Å². The third-order valence-electron chi connectivity index (χ3n) is 2.79. The van der Waals surface area contributed by atoms with Crippen LogP contribution in [-0.4, -0.2) is 61.0 Å². The minimum absolute atomic E-state index is 0.115. The monoisotopic (exact) mass is 296 g/mol. The molecule has 1 atom stereocenters. The van der Waals surface area contributed by atoms with Crippen LogP contribution in [0.4, 0.5) is 18.0 Å². The third kappa shape index (κ3) is 4.41. The zero-order valence-electron chi connectivity index (χ0n) is 10.7. The lowest BCUT2D eigenvalue weighted by Crippen LogP contribution is -2.51. The van der Waals surface area contributed by atoms with E-state index in [2.05, 4.69) is 10.1 Å². The normalized spacial score (nSPS) is 17.4. The van der Waals surface area contributed by atoms with E-state index < -0.39 is 29.8 Å². The molecule has 1 heterocycles. The van der Waals surface area contributed by atoms with Crippen LogP contribution in [0.2, 0.25) is 0 Å². The number of urea groups is 1. The van der Waals surface area contributed by atoms with Crippen molar-refractivity contribution in [3.8, 4) is 0 Å². The molecule has 0 aliphatic carbocycles. The van der Waals surface area contributed by atoms with Crippen LogP contribution in [0, 0.1) is 0 Å². The van der Waals surface area contributed by atoms with Gasteiger partial charge in [-0.1, -0.05) is 6.08 Å². The van der Waals surface area contributed by atoms with Gasteiger partial charge in [0, 0.05) is 25.8 Å². The summed E-state index contributed by atoms with van der Waals surface area (Å²) in [4.78, 5) is 23.7. The molecule has 6 nitrogen and oxygen atoms in total. The van der Waals surface area contributed by atoms with E-state index in [1.54, 1.807) is 0 Å². The van der Waals surface area contributed by atoms with Crippen LogP contribution in [0.5, 0.6) is 0 Å². The Morgan fingerprint density at radius 2 is 2.20 bits per heavy atom. The van der Waals surface area contributed by atoms with Crippen LogP contribution in [0.3, 0.4) is 0 Å². The van der Waals surface area contributed by atoms with E-state index in [0.717, 1.165) is 11.0 Å². The molecule has 1 rings (SSSR count). The topological polar surface area (TPSA) is 78.9 Å². The second-order valence-corrected chi connectivity index (χ2v) is 4.22. The lowest BCUT2D eigenvalue weighted by atomic mass is 10.1. The van der Waals surface area contributed by atoms with Gasteiger partial charge in [-0.05, 0) is 6.42 Å². The first-order chi connectivity index (χ1) is 9.25. The molecule has 0 bridgehead atoms. The number of carboxylic acids is 1. The number of nitrogens with one attached hydrogen (secondary N) is 1. The Labute approximate surface area is 113 Å². The average Bonchev–Trinajstić information content (AvgIpc) is 2.37. The number of alkyl halides is 3. The molecule has 0 aromatic heterocycles. The van der Waals surface area contributed by atoms with Crippen molar-refractivity contribution in [1.29, 1.82) is 0 Å². The molecule has 114 valence electrons. The fourth-order valence-electron chi connectivity index (χ4n) is 1.69. The Morgan fingerprint density at radius 3 is 2.60 bits per heavy atom. The van der Waals surface area contributed by atoms with Gasteiger partial charge >= 0.3 is 18.2 Å². The molecule has 2 N–H and O–H groups in total. The Kier molecular flexibility index (Phi) is 5.37. The van der Waals surface area contributed by atoms with E-state index in [0.29, 0.717) is 0 Å². The molecule has 1 unspecified atom stereocenters. The molecule has 1 aliphatic rings. The Morgan fingerprint density at radius 1 is 1.55 bits per heavy atom. The molecule has 0 aromatic rings. The highest BCUT2D eigenvalue weighted by Crippen LogP contribution is 2.30. The molecular formula is C11H15F3N2O4. The summed E-state index contributed by atoms with van der Waals surface area (Å²) in [5, 5.41) is 11.0. The fourth-order valence-corrected chi connectivity index (χ4v) is 1.69. The molecule has 0 fully saturated rings. The second-order valence-electron chi connectivity index (χ2n) is 4.22. The highest BCUT2D eigenvalue weighted by Gasteiger charge is 2.35. The summed E-state index contributed by atoms with van der Waals surface area (Å²) in [6, 6.07) is -1.97. The van der Waals surface area contributed by atoms with Gasteiger partial charge in [0.15, 0.2) is 6.04 Å². The summed E-state index contributed by atoms with van der Waals surface area (Å²) in [5.41, 5.74) is -0.673. The molecule has 1 aliphatic heterocycles. The summed E-state index contributed by atoms with van der Waals surface area (Å²) >= 11 is 0. The van der Waals surface area contributed by atoms with Crippen molar-refractivity contribution in [2.75, 3.05) is 26.8 Å². The van der Waals surface area contributed by atoms with E-state index >= 15 is 0 Å². The first-order valence-corrected chi connectivity index (χ1v) is 5.79. The highest BCUT2D eigenvalue weighted by atomic mass is 19.4. The van der Waals surface area contributed by atoms with Gasteiger partial charge in [0.1, 0.15) is 0 Å². The predicted octanol–water partition coefficient (Wildman–Crippen LogP) is 0.990. The Bertz CT molecular complexity index is 409. The van der Waals surface area contributed by atoms with Crippen molar-refractivity contribution in [3.63, 3.8) is 0 Å². The SMILES string of the molecule is COCC(NC(=O)N1CC=C(C(F)(F)F)CC1)C(=O)O. The van der Waals surface area contributed by atoms with Gasteiger partial charge in [-0.15, -0.1) is 0 Å². The minimum Gasteiger partial charge on any atom is -0.480 e. The summed E-state index contributed by atoms with van der Waals surface area (Å²) in [6.45, 7) is -0.547. The first kappa shape index (κ1) is 16.3. The second kappa shape index (κ2) is 6.60. The molecule has 20 heavy (non-hydrogen) atoms. The number of methoxy groups -OCH3 is 1. The molecule has 0 saturated heterocycles. The van der Waals surface area contributed by atoms with Crippen LogP contribution in [0.1, 0.15) is 6.42 Å². The molecule has 0 aromatic carbocycles. The predicted molar refractivity (Wildman–Crippen MR) is 62.2 cm³/mol. The average molecular weight is 296 g/mol. The molecular weight excluding hydrogens is 281 g/mol. The van der Waals surface area contributed by atoms with Crippen LogP contribution in [-0.2, 0) is 9.53 Å². The number of carbonyl (C=O) groups is 2. The fraction of sp³-hybridized carbons (Fsp3) is 0.636. The largest absolute Gasteiger partial charge is 0.480 e. The zero-order chi connectivity index (χ0) is 15.3. The number of ether oxygens (including phenoxy) is 1. The zero-order valence-corrected chi connectivity index (χ0v) is 10.7. The standard InChI is InChI=1S/C11H15F3N2O4/c1-20-6-8(9(17)18)15-10(19)16-4-2-7(3-5-16)11(12,13)14/h2,8H,3-6H2,1H3,(H,15,19)(H,17,18). The van der Waals surface area contributed by atoms with Gasteiger partial charge in [-0.25, -0.2) is 9.59 Å². The number of carbonyl (C=O) groups excluding carboxylic acids is 1. The summed E-state index contributed by atoms with van der Waals surface area (Å²) in [5.74, 6) is -1.27. The van der Waals surface area contributed by atoms with Crippen LogP contribution in [0.25, 0.3) is 0 Å². The van der Waals surface area contributed by atoms with Crippen molar-refractivity contribution in [3.05, 3.63) is 11.6 Å². The maximum absolute atomic E-state index is 12.4. The number of halogens is 3. The lowest BCUT2D eigenvalue weighted by molar-refractivity contribution is -0.140. The maximum atomic E-state index is 12.4. The van der Waals surface area contributed by atoms with E-state index in [9.17, 15) is 22.8 Å². The number of rotatable bonds is 4. The van der Waals surface area contributed by atoms with Crippen molar-refractivity contribution in [2.24, 2.45) is 0 Å². The van der Waals surface area contributed by atoms with Gasteiger partial charge in [0.25, 0.3) is 0 Å². The number of carboxylic acid groups (broad SMARTS) is 1. The number of aliphatic carboxylic acids is 1. The Hall–Kier alpha value is -1.77. The molecule has 0 saturated carbocycles. The highest BCUT2D eigenvalue weighted by molar-refractivity contribution is 5.82. The van der Waals surface area contributed by atoms with Crippen LogP contribution >= 0.6 is 0 Å².